The van der Waals surface area contributed by atoms with Gasteiger partial charge in [-0.1, -0.05) is 0 Å². The van der Waals surface area contributed by atoms with Crippen molar-refractivity contribution in [1.29, 1.82) is 0 Å². The molecule has 0 N–H and O–H groups in total. The van der Waals surface area contributed by atoms with Crippen LogP contribution in [0.1, 0.15) is 24.2 Å². The molecular weight excluding hydrogens is 402 g/mol. The number of alkyl halides is 6. The Bertz CT molecular complexity index is 537. The molecule has 0 atom stereocenters. The first-order valence-electron chi connectivity index (χ1n) is 7.15. The largest absolute Gasteiger partial charge is 0.573 e. The van der Waals surface area contributed by atoms with Crippen LogP contribution < -0.4 is 9.47 Å². The molecule has 1 aromatic rings. The molecule has 1 rings (SSSR count). The Morgan fingerprint density at radius 1 is 1.04 bits per heavy atom. The molecule has 0 spiro atoms. The standard InChI is InChI=1S/C10H9F3O4.C3H8O.C2H3F3.CH2O/c1-15-8-4-3-6(17-10(11,12)13)5-7(8)9(14)16-2;1-3-4-2;1-2(3,4)5;1-2/h3-5H,1-2H3;3H2,1-2H3;1H3;1H2. The Labute approximate surface area is 158 Å². The molecule has 0 aliphatic heterocycles. The summed E-state index contributed by atoms with van der Waals surface area (Å²) in [4.78, 5) is 19.3. The highest BCUT2D eigenvalue weighted by atomic mass is 19.4. The Morgan fingerprint density at radius 2 is 1.46 bits per heavy atom. The van der Waals surface area contributed by atoms with E-state index in [0.29, 0.717) is 0 Å². The fourth-order valence-electron chi connectivity index (χ4n) is 1.15. The van der Waals surface area contributed by atoms with Crippen LogP contribution in [-0.2, 0) is 14.3 Å². The van der Waals surface area contributed by atoms with E-state index in [-0.39, 0.29) is 18.2 Å². The minimum absolute atomic E-state index is 0.103. The average molecular weight is 424 g/mol. The Kier molecular flexibility index (Phi) is 16.8. The van der Waals surface area contributed by atoms with Gasteiger partial charge in [-0.2, -0.15) is 13.2 Å². The van der Waals surface area contributed by atoms with Gasteiger partial charge in [-0.15, -0.1) is 13.2 Å². The van der Waals surface area contributed by atoms with Crippen molar-refractivity contribution in [3.05, 3.63) is 23.8 Å². The van der Waals surface area contributed by atoms with Gasteiger partial charge in [0.25, 0.3) is 0 Å². The zero-order chi connectivity index (χ0) is 23.0. The van der Waals surface area contributed by atoms with Crippen LogP contribution in [0.5, 0.6) is 11.5 Å². The lowest BCUT2D eigenvalue weighted by Crippen LogP contribution is -2.17. The number of benzene rings is 1. The molecule has 0 fully saturated rings. The van der Waals surface area contributed by atoms with E-state index < -0.39 is 24.3 Å². The lowest BCUT2D eigenvalue weighted by Gasteiger charge is -2.11. The van der Waals surface area contributed by atoms with E-state index in [1.807, 2.05) is 13.7 Å². The third-order valence-corrected chi connectivity index (χ3v) is 2.10. The van der Waals surface area contributed by atoms with Crippen LogP contribution in [-0.4, -0.2) is 53.2 Å². The van der Waals surface area contributed by atoms with E-state index in [4.69, 9.17) is 9.53 Å². The van der Waals surface area contributed by atoms with Crippen LogP contribution in [0, 0.1) is 0 Å². The second-order valence-corrected chi connectivity index (χ2v) is 4.26. The Morgan fingerprint density at radius 3 is 1.75 bits per heavy atom. The van der Waals surface area contributed by atoms with Crippen molar-refractivity contribution in [2.45, 2.75) is 26.4 Å². The summed E-state index contributed by atoms with van der Waals surface area (Å²) in [5, 5.41) is 0. The molecule has 1 aromatic carbocycles. The zero-order valence-corrected chi connectivity index (χ0v) is 15.9. The quantitative estimate of drug-likeness (QED) is 0.527. The molecule has 28 heavy (non-hydrogen) atoms. The molecule has 0 radical (unpaired) electrons. The molecule has 0 aromatic heterocycles. The summed E-state index contributed by atoms with van der Waals surface area (Å²) in [6.07, 6.45) is -8.82. The lowest BCUT2D eigenvalue weighted by molar-refractivity contribution is -0.274. The molecule has 0 aliphatic carbocycles. The summed E-state index contributed by atoms with van der Waals surface area (Å²) in [6, 6.07) is 3.13. The summed E-state index contributed by atoms with van der Waals surface area (Å²) in [6.45, 7) is 4.97. The molecule has 0 unspecified atom stereocenters. The van der Waals surface area contributed by atoms with Crippen molar-refractivity contribution in [3.63, 3.8) is 0 Å². The van der Waals surface area contributed by atoms with Crippen LogP contribution in [0.4, 0.5) is 26.3 Å². The van der Waals surface area contributed by atoms with Crippen molar-refractivity contribution in [2.24, 2.45) is 0 Å². The van der Waals surface area contributed by atoms with Gasteiger partial charge in [-0.25, -0.2) is 4.79 Å². The van der Waals surface area contributed by atoms with Gasteiger partial charge in [0.15, 0.2) is 0 Å². The number of halogens is 6. The third kappa shape index (κ3) is 19.8. The van der Waals surface area contributed by atoms with E-state index in [9.17, 15) is 31.1 Å². The van der Waals surface area contributed by atoms with Crippen molar-refractivity contribution in [1.82, 2.24) is 0 Å². The van der Waals surface area contributed by atoms with E-state index in [0.717, 1.165) is 25.8 Å². The van der Waals surface area contributed by atoms with Crippen LogP contribution in [0.2, 0.25) is 0 Å². The summed E-state index contributed by atoms with van der Waals surface area (Å²) < 4.78 is 84.4. The van der Waals surface area contributed by atoms with Gasteiger partial charge in [0.2, 0.25) is 0 Å². The molecule has 0 amide bonds. The molecule has 164 valence electrons. The van der Waals surface area contributed by atoms with E-state index >= 15 is 0 Å². The fourth-order valence-corrected chi connectivity index (χ4v) is 1.15. The number of carbonyl (C=O) groups is 2. The van der Waals surface area contributed by atoms with Crippen molar-refractivity contribution < 1.29 is 54.9 Å². The van der Waals surface area contributed by atoms with Gasteiger partial charge < -0.3 is 23.7 Å². The van der Waals surface area contributed by atoms with Gasteiger partial charge in [-0.05, 0) is 25.1 Å². The molecule has 0 aliphatic rings. The van der Waals surface area contributed by atoms with E-state index in [1.165, 1.54) is 13.2 Å². The van der Waals surface area contributed by atoms with Crippen molar-refractivity contribution >= 4 is 12.8 Å². The van der Waals surface area contributed by atoms with Crippen molar-refractivity contribution in [3.8, 4) is 11.5 Å². The first kappa shape index (κ1) is 30.2. The molecule has 0 saturated heterocycles. The summed E-state index contributed by atoms with van der Waals surface area (Å²) in [5.74, 6) is -1.22. The zero-order valence-electron chi connectivity index (χ0n) is 15.9. The average Bonchev–Trinajstić information content (AvgIpc) is 2.60. The number of esters is 1. The highest BCUT2D eigenvalue weighted by Gasteiger charge is 2.31. The van der Waals surface area contributed by atoms with E-state index in [1.54, 1.807) is 7.11 Å². The maximum absolute atomic E-state index is 12.0. The molecular formula is C16H22F6O6. The third-order valence-electron chi connectivity index (χ3n) is 2.10. The first-order valence-corrected chi connectivity index (χ1v) is 7.15. The van der Waals surface area contributed by atoms with Crippen molar-refractivity contribution in [2.75, 3.05) is 27.9 Å². The smallest absolute Gasteiger partial charge is 0.496 e. The summed E-state index contributed by atoms with van der Waals surface area (Å²) >= 11 is 0. The van der Waals surface area contributed by atoms with Crippen LogP contribution in [0.25, 0.3) is 0 Å². The molecule has 0 saturated carbocycles. The molecule has 12 heteroatoms. The fraction of sp³-hybridized carbons (Fsp3) is 0.500. The highest BCUT2D eigenvalue weighted by molar-refractivity contribution is 5.92. The first-order chi connectivity index (χ1) is 12.8. The van der Waals surface area contributed by atoms with Crippen LogP contribution in [0.15, 0.2) is 18.2 Å². The van der Waals surface area contributed by atoms with Gasteiger partial charge in [-0.3, -0.25) is 0 Å². The van der Waals surface area contributed by atoms with E-state index in [2.05, 4.69) is 14.2 Å². The van der Waals surface area contributed by atoms with Gasteiger partial charge in [0.05, 0.1) is 14.2 Å². The number of hydrogen-bond acceptors (Lipinski definition) is 6. The number of carbonyl (C=O) groups excluding carboxylic acids is 2. The number of methoxy groups -OCH3 is 3. The second-order valence-electron chi connectivity index (χ2n) is 4.26. The predicted octanol–water partition coefficient (Wildman–Crippen LogP) is 4.42. The SMILES string of the molecule is C=O.CC(F)(F)F.CCOC.COC(=O)c1cc(OC(F)(F)F)ccc1OC. The Hall–Kier alpha value is -2.50. The van der Waals surface area contributed by atoms with Gasteiger partial charge in [0, 0.05) is 20.6 Å². The molecule has 0 heterocycles. The number of ether oxygens (including phenoxy) is 4. The highest BCUT2D eigenvalue weighted by Crippen LogP contribution is 2.28. The van der Waals surface area contributed by atoms with Gasteiger partial charge in [0.1, 0.15) is 23.9 Å². The maximum atomic E-state index is 12.0. The minimum Gasteiger partial charge on any atom is -0.496 e. The monoisotopic (exact) mass is 424 g/mol. The second kappa shape index (κ2) is 15.5. The maximum Gasteiger partial charge on any atom is 0.573 e. The van der Waals surface area contributed by atoms with Gasteiger partial charge >= 0.3 is 18.5 Å². The topological polar surface area (TPSA) is 71.1 Å². The Balaban J connectivity index is -0.000000471. The normalized spacial score (nSPS) is 9.96. The predicted molar refractivity (Wildman–Crippen MR) is 87.4 cm³/mol. The molecule has 6 nitrogen and oxygen atoms in total. The minimum atomic E-state index is -4.82. The molecule has 0 bridgehead atoms. The summed E-state index contributed by atoms with van der Waals surface area (Å²) in [7, 11) is 4.07. The number of hydrogen-bond donors (Lipinski definition) is 0. The van der Waals surface area contributed by atoms with Crippen LogP contribution in [0.3, 0.4) is 0 Å². The van der Waals surface area contributed by atoms with Crippen LogP contribution >= 0.6 is 0 Å². The number of rotatable bonds is 4. The summed E-state index contributed by atoms with van der Waals surface area (Å²) in [5.41, 5.74) is -0.142. The lowest BCUT2D eigenvalue weighted by atomic mass is 10.2.